The number of carbonyl (C=O) groups is 2. The molecule has 0 aliphatic carbocycles. The molecule has 3 aromatic rings. The number of hydrogen-bond donors (Lipinski definition) is 1. The second-order valence-electron chi connectivity index (χ2n) is 6.02. The maximum atomic E-state index is 12.1. The van der Waals surface area contributed by atoms with Crippen LogP contribution in [0.25, 0.3) is 5.69 Å². The molecule has 0 unspecified atom stereocenters. The lowest BCUT2D eigenvalue weighted by atomic mass is 10.2. The molecule has 7 nitrogen and oxygen atoms in total. The number of amides is 1. The number of nitrogens with one attached hydrogen (secondary N) is 1. The summed E-state index contributed by atoms with van der Waals surface area (Å²) in [6.07, 6.45) is 5.44. The molecule has 3 rings (SSSR count). The molecule has 0 atom stereocenters. The molecular formula is C19H20N4O3. The number of ether oxygens (including phenoxy) is 1. The van der Waals surface area contributed by atoms with Crippen molar-refractivity contribution in [3.05, 3.63) is 66.6 Å². The Labute approximate surface area is 151 Å². The van der Waals surface area contributed by atoms with Crippen molar-refractivity contribution < 1.29 is 14.3 Å². The average Bonchev–Trinajstić information content (AvgIpc) is 3.31. The summed E-state index contributed by atoms with van der Waals surface area (Å²) in [5, 5.41) is 6.82. The van der Waals surface area contributed by atoms with Crippen molar-refractivity contribution in [1.82, 2.24) is 14.3 Å². The zero-order valence-electron chi connectivity index (χ0n) is 14.6. The number of carbonyl (C=O) groups excluding carboxylic acids is 2. The molecule has 7 heteroatoms. The van der Waals surface area contributed by atoms with Gasteiger partial charge in [-0.15, -0.1) is 0 Å². The molecular weight excluding hydrogens is 332 g/mol. The number of rotatable bonds is 6. The Kier molecular flexibility index (Phi) is 5.17. The first kappa shape index (κ1) is 17.5. The van der Waals surface area contributed by atoms with Gasteiger partial charge in [0, 0.05) is 30.2 Å². The van der Waals surface area contributed by atoms with E-state index in [2.05, 4.69) is 10.4 Å². The third kappa shape index (κ3) is 4.00. The summed E-state index contributed by atoms with van der Waals surface area (Å²) in [4.78, 5) is 24.1. The smallest absolute Gasteiger partial charge is 0.338 e. The molecule has 26 heavy (non-hydrogen) atoms. The molecule has 0 aliphatic rings. The van der Waals surface area contributed by atoms with Crippen LogP contribution in [0.2, 0.25) is 0 Å². The highest BCUT2D eigenvalue weighted by atomic mass is 16.5. The molecule has 134 valence electrons. The van der Waals surface area contributed by atoms with E-state index in [1.165, 1.54) is 0 Å². The quantitative estimate of drug-likeness (QED) is 0.692. The van der Waals surface area contributed by atoms with Crippen LogP contribution in [0.5, 0.6) is 0 Å². The Morgan fingerprint density at radius 1 is 1.12 bits per heavy atom. The highest BCUT2D eigenvalue weighted by molar-refractivity contribution is 5.95. The minimum atomic E-state index is -0.545. The summed E-state index contributed by atoms with van der Waals surface area (Å²) in [7, 11) is 0. The van der Waals surface area contributed by atoms with Crippen molar-refractivity contribution >= 4 is 17.7 Å². The fourth-order valence-electron chi connectivity index (χ4n) is 2.49. The summed E-state index contributed by atoms with van der Waals surface area (Å²) in [5.41, 5.74) is 1.33. The summed E-state index contributed by atoms with van der Waals surface area (Å²) >= 11 is 0. The van der Waals surface area contributed by atoms with Gasteiger partial charge >= 0.3 is 5.97 Å². The normalized spacial score (nSPS) is 10.7. The van der Waals surface area contributed by atoms with Gasteiger partial charge in [-0.3, -0.25) is 4.79 Å². The lowest BCUT2D eigenvalue weighted by Gasteiger charge is -2.12. The number of anilines is 1. The van der Waals surface area contributed by atoms with Crippen LogP contribution in [0.4, 0.5) is 5.82 Å². The van der Waals surface area contributed by atoms with Crippen LogP contribution in [-0.4, -0.2) is 32.8 Å². The Balaban J connectivity index is 1.55. The molecule has 2 heterocycles. The molecule has 0 aliphatic heterocycles. The van der Waals surface area contributed by atoms with Crippen molar-refractivity contribution in [2.45, 2.75) is 19.9 Å². The van der Waals surface area contributed by atoms with Gasteiger partial charge in [0.1, 0.15) is 5.82 Å². The summed E-state index contributed by atoms with van der Waals surface area (Å²) in [6, 6.07) is 12.6. The highest BCUT2D eigenvalue weighted by Gasteiger charge is 2.13. The van der Waals surface area contributed by atoms with Crippen molar-refractivity contribution in [3.63, 3.8) is 0 Å². The topological polar surface area (TPSA) is 78.2 Å². The van der Waals surface area contributed by atoms with Crippen LogP contribution in [0, 0.1) is 0 Å². The first-order chi connectivity index (χ1) is 12.5. The predicted octanol–water partition coefficient (Wildman–Crippen LogP) is 3.05. The van der Waals surface area contributed by atoms with E-state index in [9.17, 15) is 9.59 Å². The molecule has 0 saturated heterocycles. The second kappa shape index (κ2) is 7.69. The van der Waals surface area contributed by atoms with E-state index in [1.807, 2.05) is 55.1 Å². The summed E-state index contributed by atoms with van der Waals surface area (Å²) in [5.74, 6) is -0.390. The van der Waals surface area contributed by atoms with E-state index in [0.29, 0.717) is 11.4 Å². The van der Waals surface area contributed by atoms with Gasteiger partial charge in [0.05, 0.1) is 11.8 Å². The number of nitrogens with zero attached hydrogens (tertiary/aromatic N) is 3. The van der Waals surface area contributed by atoms with Gasteiger partial charge in [0.25, 0.3) is 5.91 Å². The molecule has 1 N–H and O–H groups in total. The van der Waals surface area contributed by atoms with Crippen molar-refractivity contribution in [3.8, 4) is 5.69 Å². The average molecular weight is 352 g/mol. The van der Waals surface area contributed by atoms with Gasteiger partial charge < -0.3 is 14.6 Å². The Morgan fingerprint density at radius 2 is 1.81 bits per heavy atom. The summed E-state index contributed by atoms with van der Waals surface area (Å²) < 4.78 is 8.69. The van der Waals surface area contributed by atoms with E-state index in [0.717, 1.165) is 5.69 Å². The van der Waals surface area contributed by atoms with Gasteiger partial charge in [0.2, 0.25) is 0 Å². The molecule has 0 fully saturated rings. The Bertz CT molecular complexity index is 880. The molecule has 1 amide bonds. The molecule has 2 aromatic heterocycles. The number of hydrogen-bond acceptors (Lipinski definition) is 4. The molecule has 0 saturated carbocycles. The maximum absolute atomic E-state index is 12.1. The van der Waals surface area contributed by atoms with Gasteiger partial charge in [-0.25, -0.2) is 9.48 Å². The van der Waals surface area contributed by atoms with E-state index in [1.54, 1.807) is 29.1 Å². The first-order valence-electron chi connectivity index (χ1n) is 8.28. The molecule has 0 radical (unpaired) electrons. The minimum Gasteiger partial charge on any atom is -0.452 e. The van der Waals surface area contributed by atoms with Crippen molar-refractivity contribution in [1.29, 1.82) is 0 Å². The Hall–Kier alpha value is -3.35. The van der Waals surface area contributed by atoms with Crippen LogP contribution in [0.15, 0.2) is 61.1 Å². The van der Waals surface area contributed by atoms with Crippen LogP contribution in [0.1, 0.15) is 30.2 Å². The Morgan fingerprint density at radius 3 is 2.46 bits per heavy atom. The molecule has 0 bridgehead atoms. The molecule has 0 spiro atoms. The standard InChI is InChI=1S/C19H20N4O3/c1-14(2)23-17(9-10-20-23)21-18(24)13-26-19(25)15-5-7-16(8-6-15)22-11-3-4-12-22/h3-12,14H,13H2,1-2H3,(H,21,24). The second-order valence-corrected chi connectivity index (χ2v) is 6.02. The van der Waals surface area contributed by atoms with Gasteiger partial charge in [-0.05, 0) is 50.2 Å². The zero-order valence-corrected chi connectivity index (χ0v) is 14.6. The lowest BCUT2D eigenvalue weighted by molar-refractivity contribution is -0.119. The third-order valence-electron chi connectivity index (χ3n) is 3.77. The molecule has 1 aromatic carbocycles. The number of aromatic nitrogens is 3. The monoisotopic (exact) mass is 352 g/mol. The van der Waals surface area contributed by atoms with E-state index >= 15 is 0 Å². The fourth-order valence-corrected chi connectivity index (χ4v) is 2.49. The third-order valence-corrected chi connectivity index (χ3v) is 3.77. The minimum absolute atomic E-state index is 0.113. The number of benzene rings is 1. The van der Waals surface area contributed by atoms with Gasteiger partial charge in [-0.2, -0.15) is 5.10 Å². The van der Waals surface area contributed by atoms with Crippen LogP contribution in [0.3, 0.4) is 0 Å². The van der Waals surface area contributed by atoms with Crippen LogP contribution in [-0.2, 0) is 9.53 Å². The van der Waals surface area contributed by atoms with Crippen molar-refractivity contribution in [2.24, 2.45) is 0 Å². The van der Waals surface area contributed by atoms with E-state index in [-0.39, 0.29) is 12.6 Å². The van der Waals surface area contributed by atoms with Crippen molar-refractivity contribution in [2.75, 3.05) is 11.9 Å². The predicted molar refractivity (Wildman–Crippen MR) is 97.3 cm³/mol. The SMILES string of the molecule is CC(C)n1nccc1NC(=O)COC(=O)c1ccc(-n2cccc2)cc1. The highest BCUT2D eigenvalue weighted by Crippen LogP contribution is 2.13. The van der Waals surface area contributed by atoms with Gasteiger partial charge in [0.15, 0.2) is 6.61 Å². The zero-order chi connectivity index (χ0) is 18.5. The maximum Gasteiger partial charge on any atom is 0.338 e. The van der Waals surface area contributed by atoms with Crippen LogP contribution < -0.4 is 5.32 Å². The number of esters is 1. The first-order valence-corrected chi connectivity index (χ1v) is 8.28. The van der Waals surface area contributed by atoms with Gasteiger partial charge in [-0.1, -0.05) is 0 Å². The lowest BCUT2D eigenvalue weighted by Crippen LogP contribution is -2.23. The summed E-state index contributed by atoms with van der Waals surface area (Å²) in [6.45, 7) is 3.56. The van der Waals surface area contributed by atoms with Crippen LogP contribution >= 0.6 is 0 Å². The van der Waals surface area contributed by atoms with E-state index < -0.39 is 11.9 Å². The fraction of sp³-hybridized carbons (Fsp3) is 0.211. The van der Waals surface area contributed by atoms with E-state index in [4.69, 9.17) is 4.74 Å². The largest absolute Gasteiger partial charge is 0.452 e.